The van der Waals surface area contributed by atoms with Crippen molar-refractivity contribution >= 4 is 17.6 Å². The van der Waals surface area contributed by atoms with E-state index in [1.54, 1.807) is 0 Å². The van der Waals surface area contributed by atoms with Crippen molar-refractivity contribution in [3.63, 3.8) is 0 Å². The van der Waals surface area contributed by atoms with Crippen molar-refractivity contribution in [1.29, 1.82) is 0 Å². The number of nitrogens with two attached hydrogens (primary N) is 1. The largest absolute Gasteiger partial charge is 0.390 e. The second kappa shape index (κ2) is 12.3. The summed E-state index contributed by atoms with van der Waals surface area (Å²) in [5.74, 6) is 0.865. The van der Waals surface area contributed by atoms with E-state index < -0.39 is 11.1 Å². The van der Waals surface area contributed by atoms with Gasteiger partial charge < -0.3 is 21.1 Å². The van der Waals surface area contributed by atoms with Crippen LogP contribution in [-0.4, -0.2) is 50.2 Å². The van der Waals surface area contributed by atoms with Gasteiger partial charge in [-0.1, -0.05) is 61.5 Å². The Bertz CT molecular complexity index is 1390. The predicted molar refractivity (Wildman–Crippen MR) is 165 cm³/mol. The van der Waals surface area contributed by atoms with E-state index in [4.69, 9.17) is 5.73 Å². The molecule has 222 valence electrons. The van der Waals surface area contributed by atoms with Crippen molar-refractivity contribution in [3.8, 4) is 22.4 Å². The van der Waals surface area contributed by atoms with Gasteiger partial charge in [0.2, 0.25) is 11.8 Å². The van der Waals surface area contributed by atoms with Gasteiger partial charge in [0.25, 0.3) is 0 Å². The van der Waals surface area contributed by atoms with Crippen molar-refractivity contribution < 1.29 is 14.7 Å². The summed E-state index contributed by atoms with van der Waals surface area (Å²) in [7, 11) is 0. The molecule has 0 unspecified atom stereocenters. The number of nitrogens with zero attached hydrogens (tertiary/aromatic N) is 3. The highest BCUT2D eigenvalue weighted by atomic mass is 16.3. The van der Waals surface area contributed by atoms with Crippen molar-refractivity contribution in [3.05, 3.63) is 66.2 Å². The lowest BCUT2D eigenvalue weighted by molar-refractivity contribution is -0.134. The molecule has 0 atom stereocenters. The Morgan fingerprint density at radius 3 is 2.24 bits per heavy atom. The lowest BCUT2D eigenvalue weighted by Crippen LogP contribution is -2.58. The first kappa shape index (κ1) is 29.9. The van der Waals surface area contributed by atoms with Crippen LogP contribution in [0.3, 0.4) is 0 Å². The quantitative estimate of drug-likeness (QED) is 0.306. The minimum absolute atomic E-state index is 0.0644. The van der Waals surface area contributed by atoms with Crippen LogP contribution < -0.4 is 11.1 Å². The summed E-state index contributed by atoms with van der Waals surface area (Å²) in [6.45, 7) is 6.50. The summed E-state index contributed by atoms with van der Waals surface area (Å²) in [5, 5.41) is 22.1. The zero-order valence-electron chi connectivity index (χ0n) is 25.0. The van der Waals surface area contributed by atoms with Crippen LogP contribution in [0.25, 0.3) is 22.4 Å². The van der Waals surface area contributed by atoms with E-state index in [1.807, 2.05) is 86.3 Å². The molecule has 2 aliphatic rings. The lowest BCUT2D eigenvalue weighted by atomic mass is 9.63. The molecule has 0 aliphatic heterocycles. The molecule has 2 saturated carbocycles. The molecule has 2 aromatic carbocycles. The number of carbonyl (C=O) groups excluding carboxylic acids is 2. The zero-order chi connectivity index (χ0) is 29.9. The highest BCUT2D eigenvalue weighted by molar-refractivity contribution is 5.91. The second-order valence-corrected chi connectivity index (χ2v) is 12.4. The molecule has 5 rings (SSSR count). The molecule has 1 aromatic heterocycles. The summed E-state index contributed by atoms with van der Waals surface area (Å²) in [6, 6.07) is 20.1. The van der Waals surface area contributed by atoms with Crippen LogP contribution in [0.4, 0.5) is 5.82 Å². The van der Waals surface area contributed by atoms with Crippen molar-refractivity contribution in [2.75, 3.05) is 11.9 Å². The Balaban J connectivity index is 1.28. The van der Waals surface area contributed by atoms with Gasteiger partial charge in [0.1, 0.15) is 5.69 Å². The Hall–Kier alpha value is -3.62. The highest BCUT2D eigenvalue weighted by Crippen LogP contribution is 2.46. The Labute approximate surface area is 248 Å². The fraction of sp³-hybridized carbons (Fsp3) is 0.471. The number of hydrogen-bond acceptors (Lipinski definition) is 6. The molecule has 8 heteroatoms. The molecule has 0 spiro atoms. The first-order chi connectivity index (χ1) is 20.1. The van der Waals surface area contributed by atoms with Crippen molar-refractivity contribution in [2.45, 2.75) is 89.3 Å². The monoisotopic (exact) mass is 569 g/mol. The minimum Gasteiger partial charge on any atom is -0.390 e. The summed E-state index contributed by atoms with van der Waals surface area (Å²) in [4.78, 5) is 27.3. The average Bonchev–Trinajstić information content (AvgIpc) is 2.97. The number of amides is 2. The standard InChI is InChI=1S/C34H43N5O3/c1-4-31(41)39(5-2)27-17-11-23(12-18-27)19-30(40)36-29-20-28(24-9-7-6-8-10-24)32(38-37-29)25-13-15-26(16-14-25)34(35)21-33(3,42)22-34/h6-10,13-16,20,23,27,42H,4-5,11-12,17-19,21-22,35H2,1-3H3,(H,36,37,40). The molecule has 2 amide bonds. The Kier molecular flexibility index (Phi) is 8.76. The molecule has 3 aromatic rings. The molecule has 0 saturated heterocycles. The third kappa shape index (κ3) is 6.55. The number of anilines is 1. The van der Waals surface area contributed by atoms with Crippen LogP contribution in [0.1, 0.15) is 77.7 Å². The molecule has 0 bridgehead atoms. The van der Waals surface area contributed by atoms with Crippen LogP contribution in [0.15, 0.2) is 60.7 Å². The number of benzene rings is 2. The summed E-state index contributed by atoms with van der Waals surface area (Å²) >= 11 is 0. The summed E-state index contributed by atoms with van der Waals surface area (Å²) in [5.41, 5.74) is 9.77. The Morgan fingerprint density at radius 2 is 1.64 bits per heavy atom. The van der Waals surface area contributed by atoms with Gasteiger partial charge in [-0.3, -0.25) is 9.59 Å². The lowest BCUT2D eigenvalue weighted by Gasteiger charge is -2.49. The van der Waals surface area contributed by atoms with E-state index in [0.717, 1.165) is 60.2 Å². The number of nitrogens with one attached hydrogen (secondary N) is 1. The maximum absolute atomic E-state index is 13.0. The third-order valence-electron chi connectivity index (χ3n) is 8.97. The minimum atomic E-state index is -0.718. The van der Waals surface area contributed by atoms with E-state index in [2.05, 4.69) is 15.5 Å². The van der Waals surface area contributed by atoms with E-state index in [9.17, 15) is 14.7 Å². The van der Waals surface area contributed by atoms with Crippen LogP contribution >= 0.6 is 0 Å². The fourth-order valence-corrected chi connectivity index (χ4v) is 6.93. The van der Waals surface area contributed by atoms with Gasteiger partial charge in [-0.05, 0) is 75.5 Å². The van der Waals surface area contributed by atoms with Crippen LogP contribution in [0.5, 0.6) is 0 Å². The van der Waals surface area contributed by atoms with E-state index in [1.165, 1.54) is 0 Å². The number of rotatable bonds is 9. The first-order valence-electron chi connectivity index (χ1n) is 15.3. The smallest absolute Gasteiger partial charge is 0.225 e. The average molecular weight is 570 g/mol. The van der Waals surface area contributed by atoms with Gasteiger partial charge in [-0.15, -0.1) is 10.2 Å². The van der Waals surface area contributed by atoms with Gasteiger partial charge in [-0.25, -0.2) is 0 Å². The molecular formula is C34H43N5O3. The van der Waals surface area contributed by atoms with Crippen LogP contribution in [0, 0.1) is 5.92 Å². The maximum atomic E-state index is 13.0. The number of carbonyl (C=O) groups is 2. The molecule has 2 aliphatic carbocycles. The molecule has 42 heavy (non-hydrogen) atoms. The van der Waals surface area contributed by atoms with Crippen LogP contribution in [-0.2, 0) is 15.1 Å². The SMILES string of the molecule is CCC(=O)N(CC)C1CCC(CC(=O)Nc2cc(-c3ccccc3)c(-c3ccc(C4(N)CC(C)(O)C4)cc3)nn2)CC1. The molecule has 0 radical (unpaired) electrons. The van der Waals surface area contributed by atoms with Crippen molar-refractivity contribution in [1.82, 2.24) is 15.1 Å². The predicted octanol–water partition coefficient (Wildman–Crippen LogP) is 5.66. The second-order valence-electron chi connectivity index (χ2n) is 12.4. The molecule has 4 N–H and O–H groups in total. The van der Waals surface area contributed by atoms with Gasteiger partial charge in [-0.2, -0.15) is 0 Å². The first-order valence-corrected chi connectivity index (χ1v) is 15.3. The van der Waals surface area contributed by atoms with E-state index in [-0.39, 0.29) is 17.9 Å². The molecular weight excluding hydrogens is 526 g/mol. The van der Waals surface area contributed by atoms with Crippen LogP contribution in [0.2, 0.25) is 0 Å². The third-order valence-corrected chi connectivity index (χ3v) is 8.97. The van der Waals surface area contributed by atoms with Gasteiger partial charge in [0.05, 0.1) is 5.60 Å². The summed E-state index contributed by atoms with van der Waals surface area (Å²) < 4.78 is 0. The fourth-order valence-electron chi connectivity index (χ4n) is 6.93. The molecule has 2 fully saturated rings. The zero-order valence-corrected chi connectivity index (χ0v) is 25.0. The molecule has 8 nitrogen and oxygen atoms in total. The summed E-state index contributed by atoms with van der Waals surface area (Å²) in [6.07, 6.45) is 5.76. The van der Waals surface area contributed by atoms with Crippen molar-refractivity contribution in [2.24, 2.45) is 11.7 Å². The topological polar surface area (TPSA) is 121 Å². The van der Waals surface area contributed by atoms with Gasteiger partial charge in [0.15, 0.2) is 5.82 Å². The number of hydrogen-bond donors (Lipinski definition) is 3. The molecule has 1 heterocycles. The van der Waals surface area contributed by atoms with E-state index >= 15 is 0 Å². The normalized spacial score (nSPS) is 25.4. The Morgan fingerprint density at radius 1 is 0.976 bits per heavy atom. The van der Waals surface area contributed by atoms with Gasteiger partial charge in [0, 0.05) is 42.1 Å². The number of aliphatic hydroxyl groups is 1. The van der Waals surface area contributed by atoms with Gasteiger partial charge >= 0.3 is 0 Å². The van der Waals surface area contributed by atoms with E-state index in [0.29, 0.717) is 37.4 Å². The highest BCUT2D eigenvalue weighted by Gasteiger charge is 2.49. The maximum Gasteiger partial charge on any atom is 0.225 e. The number of aromatic nitrogens is 2.